The molecule has 0 aliphatic carbocycles. The van der Waals surface area contributed by atoms with Crippen molar-refractivity contribution < 1.29 is 78.8 Å². The van der Waals surface area contributed by atoms with E-state index in [-0.39, 0.29) is 24.4 Å². The van der Waals surface area contributed by atoms with Crippen LogP contribution >= 0.6 is 0 Å². The highest BCUT2D eigenvalue weighted by Gasteiger charge is 2.49. The number of carbonyl (C=O) groups excluding carboxylic acids is 2. The Morgan fingerprint density at radius 1 is 0.867 bits per heavy atom. The summed E-state index contributed by atoms with van der Waals surface area (Å²) < 4.78 is 95.2. The number of aromatic amines is 1. The number of aromatic nitrogens is 2. The fourth-order valence-corrected chi connectivity index (χ4v) is 3.69. The molecule has 2 aromatic rings. The molecule has 3 atom stereocenters. The maximum Gasteiger partial charge on any atom is 0.490 e. The van der Waals surface area contributed by atoms with E-state index in [2.05, 4.69) is 9.97 Å². The average molecular weight is 670 g/mol. The number of halogens is 9. The van der Waals surface area contributed by atoms with Crippen molar-refractivity contribution in [3.8, 4) is 0 Å². The molecule has 2 fully saturated rings. The van der Waals surface area contributed by atoms with Gasteiger partial charge in [0.15, 0.2) is 0 Å². The van der Waals surface area contributed by atoms with E-state index in [1.54, 1.807) is 23.4 Å². The normalized spacial score (nSPS) is 18.0. The zero-order chi connectivity index (χ0) is 35.1. The van der Waals surface area contributed by atoms with Gasteiger partial charge in [0.05, 0.1) is 17.6 Å². The number of hydrogen-bond acceptors (Lipinski definition) is 8. The van der Waals surface area contributed by atoms with Gasteiger partial charge in [0.25, 0.3) is 5.91 Å². The van der Waals surface area contributed by atoms with E-state index in [4.69, 9.17) is 41.2 Å². The molecular formula is C22H23F9N6O8. The van der Waals surface area contributed by atoms with Crippen LogP contribution in [-0.2, 0) is 19.2 Å². The van der Waals surface area contributed by atoms with Gasteiger partial charge in [-0.05, 0) is 12.1 Å². The summed E-state index contributed by atoms with van der Waals surface area (Å²) in [7, 11) is 0. The summed E-state index contributed by atoms with van der Waals surface area (Å²) >= 11 is 0. The molecule has 2 amide bonds. The van der Waals surface area contributed by atoms with Gasteiger partial charge in [-0.2, -0.15) is 39.5 Å². The van der Waals surface area contributed by atoms with Crippen molar-refractivity contribution in [2.24, 2.45) is 17.4 Å². The van der Waals surface area contributed by atoms with Crippen LogP contribution in [0.25, 0.3) is 11.0 Å². The maximum atomic E-state index is 12.9. The van der Waals surface area contributed by atoms with Gasteiger partial charge in [-0.1, -0.05) is 0 Å². The second-order valence-corrected chi connectivity index (χ2v) is 8.88. The molecule has 2 aliphatic heterocycles. The lowest BCUT2D eigenvalue weighted by atomic mass is 9.91. The first-order valence-corrected chi connectivity index (χ1v) is 11.8. The number of pyridine rings is 1. The minimum atomic E-state index is -5.08. The molecule has 0 aromatic carbocycles. The summed E-state index contributed by atoms with van der Waals surface area (Å²) in [4.78, 5) is 62.6. The summed E-state index contributed by atoms with van der Waals surface area (Å²) in [6.07, 6.45) is -11.8. The Balaban J connectivity index is 0.000000396. The highest BCUT2D eigenvalue weighted by molar-refractivity contribution is 6.05. The first-order chi connectivity index (χ1) is 20.4. The molecule has 2 saturated heterocycles. The van der Waals surface area contributed by atoms with Gasteiger partial charge < -0.3 is 41.6 Å². The molecular weight excluding hydrogens is 647 g/mol. The Kier molecular flexibility index (Phi) is 12.7. The van der Waals surface area contributed by atoms with Crippen LogP contribution in [0.5, 0.6) is 0 Å². The third-order valence-electron chi connectivity index (χ3n) is 5.80. The maximum absolute atomic E-state index is 12.9. The molecule has 23 heteroatoms. The predicted molar refractivity (Wildman–Crippen MR) is 129 cm³/mol. The van der Waals surface area contributed by atoms with Crippen molar-refractivity contribution in [3.05, 3.63) is 30.1 Å². The Morgan fingerprint density at radius 2 is 1.33 bits per heavy atom. The van der Waals surface area contributed by atoms with Gasteiger partial charge in [-0.15, -0.1) is 0 Å². The van der Waals surface area contributed by atoms with Crippen molar-refractivity contribution >= 4 is 40.8 Å². The Labute approximate surface area is 244 Å². The molecule has 0 bridgehead atoms. The lowest BCUT2D eigenvalue weighted by Crippen LogP contribution is -2.62. The van der Waals surface area contributed by atoms with Crippen molar-refractivity contribution in [3.63, 3.8) is 0 Å². The lowest BCUT2D eigenvalue weighted by molar-refractivity contribution is -0.193. The fourth-order valence-electron chi connectivity index (χ4n) is 3.69. The number of alkyl halides is 9. The molecule has 45 heavy (non-hydrogen) atoms. The summed E-state index contributed by atoms with van der Waals surface area (Å²) in [5.74, 6) is -8.09. The molecule has 0 saturated carbocycles. The molecule has 252 valence electrons. The second kappa shape index (κ2) is 14.9. The number of fused-ring (bicyclic) bond motifs is 2. The van der Waals surface area contributed by atoms with Crippen LogP contribution in [0, 0.1) is 5.92 Å². The lowest BCUT2D eigenvalue weighted by Gasteiger charge is -2.44. The van der Waals surface area contributed by atoms with Gasteiger partial charge in [0.2, 0.25) is 5.91 Å². The molecule has 0 spiro atoms. The van der Waals surface area contributed by atoms with Crippen molar-refractivity contribution in [1.29, 1.82) is 0 Å². The Hall–Kier alpha value is -4.67. The number of H-pyrrole nitrogens is 1. The fraction of sp³-hybridized carbons (Fsp3) is 0.455. The minimum Gasteiger partial charge on any atom is -0.475 e. The number of nitrogens with zero attached hydrogens (tertiary/aromatic N) is 3. The van der Waals surface area contributed by atoms with E-state index >= 15 is 0 Å². The minimum absolute atomic E-state index is 0.0214. The smallest absolute Gasteiger partial charge is 0.475 e. The van der Waals surface area contributed by atoms with Crippen LogP contribution in [-0.4, -0.2) is 122 Å². The second-order valence-electron chi connectivity index (χ2n) is 8.88. The number of nitrogens with two attached hydrogens (primary N) is 2. The van der Waals surface area contributed by atoms with E-state index in [1.807, 2.05) is 11.0 Å². The van der Waals surface area contributed by atoms with Gasteiger partial charge in [0.1, 0.15) is 5.65 Å². The van der Waals surface area contributed by atoms with Crippen LogP contribution in [0.4, 0.5) is 39.5 Å². The standard InChI is InChI=1S/C16H20N6O2.3C2HF3O2/c17-5-12(18)16(24)22-7-9-6-21(8-13(9)22)15(23)11-2-4-20-14-10(11)1-3-19-14;3*3-2(4,5)1(6)7/h1-4,9,12-13H,5-8,17-18H2,(H,19,20);3*(H,6,7)/t9-,12?,13-;;;/m1.../s1. The molecule has 2 aliphatic rings. The van der Waals surface area contributed by atoms with E-state index in [9.17, 15) is 49.1 Å². The van der Waals surface area contributed by atoms with Crippen LogP contribution < -0.4 is 11.5 Å². The van der Waals surface area contributed by atoms with Crippen LogP contribution in [0.2, 0.25) is 0 Å². The number of carboxylic acids is 3. The van der Waals surface area contributed by atoms with Crippen molar-refractivity contribution in [2.75, 3.05) is 26.2 Å². The summed E-state index contributed by atoms with van der Waals surface area (Å²) in [6.45, 7) is 1.99. The highest BCUT2D eigenvalue weighted by Crippen LogP contribution is 2.34. The summed E-state index contributed by atoms with van der Waals surface area (Å²) in [5, 5.41) is 22.2. The molecule has 2 aromatic heterocycles. The van der Waals surface area contributed by atoms with Crippen molar-refractivity contribution in [1.82, 2.24) is 19.8 Å². The molecule has 14 nitrogen and oxygen atoms in total. The summed E-state index contributed by atoms with van der Waals surface area (Å²) in [6, 6.07) is 3.00. The third-order valence-corrected chi connectivity index (χ3v) is 5.80. The van der Waals surface area contributed by atoms with E-state index in [1.165, 1.54) is 0 Å². The Morgan fingerprint density at radius 3 is 1.76 bits per heavy atom. The van der Waals surface area contributed by atoms with Gasteiger partial charge in [0, 0.05) is 49.9 Å². The van der Waals surface area contributed by atoms with Crippen LogP contribution in [0.1, 0.15) is 10.4 Å². The first kappa shape index (κ1) is 38.4. The van der Waals surface area contributed by atoms with E-state index < -0.39 is 42.5 Å². The SMILES string of the molecule is NCC(N)C(=O)N1C[C@H]2CN(C(=O)c3ccnc4[nH]ccc34)C[C@H]21.O=C(O)C(F)(F)F.O=C(O)C(F)(F)F.O=C(O)C(F)(F)F. The number of nitrogens with one attached hydrogen (secondary N) is 1. The zero-order valence-corrected chi connectivity index (χ0v) is 22.2. The van der Waals surface area contributed by atoms with Crippen LogP contribution in [0.15, 0.2) is 24.5 Å². The summed E-state index contributed by atoms with van der Waals surface area (Å²) in [5.41, 5.74) is 12.6. The molecule has 8 N–H and O–H groups in total. The number of likely N-dealkylation sites (tertiary alicyclic amines) is 2. The topological polar surface area (TPSA) is 233 Å². The number of carboxylic acid groups (broad SMARTS) is 3. The predicted octanol–water partition coefficient (Wildman–Crippen LogP) is 1.03. The van der Waals surface area contributed by atoms with Gasteiger partial charge >= 0.3 is 36.4 Å². The quantitative estimate of drug-likeness (QED) is 0.253. The number of rotatable bonds is 3. The zero-order valence-electron chi connectivity index (χ0n) is 22.2. The first-order valence-electron chi connectivity index (χ1n) is 11.8. The molecule has 1 unspecified atom stereocenters. The molecule has 4 rings (SSSR count). The van der Waals surface area contributed by atoms with Crippen LogP contribution in [0.3, 0.4) is 0 Å². The Bertz CT molecular complexity index is 1320. The molecule has 4 heterocycles. The van der Waals surface area contributed by atoms with E-state index in [0.717, 1.165) is 5.39 Å². The number of hydrogen-bond donors (Lipinski definition) is 6. The highest BCUT2D eigenvalue weighted by atomic mass is 19.4. The number of carbonyl (C=O) groups is 5. The number of amides is 2. The largest absolute Gasteiger partial charge is 0.490 e. The average Bonchev–Trinajstić information content (AvgIpc) is 3.52. The molecule has 0 radical (unpaired) electrons. The van der Waals surface area contributed by atoms with Gasteiger partial charge in [-0.25, -0.2) is 19.4 Å². The number of aliphatic carboxylic acids is 3. The third kappa shape index (κ3) is 10.8. The van der Waals surface area contributed by atoms with Crippen molar-refractivity contribution in [2.45, 2.75) is 30.6 Å². The van der Waals surface area contributed by atoms with Gasteiger partial charge in [-0.3, -0.25) is 9.59 Å². The monoisotopic (exact) mass is 670 g/mol. The van der Waals surface area contributed by atoms with E-state index in [0.29, 0.717) is 36.8 Å².